The fourth-order valence-electron chi connectivity index (χ4n) is 2.41. The van der Waals surface area contributed by atoms with Gasteiger partial charge in [-0.25, -0.2) is 12.8 Å². The van der Waals surface area contributed by atoms with E-state index in [9.17, 15) is 17.6 Å². The summed E-state index contributed by atoms with van der Waals surface area (Å²) in [5, 5.41) is 2.77. The number of benzene rings is 2. The summed E-state index contributed by atoms with van der Waals surface area (Å²) < 4.78 is 38.0. The van der Waals surface area contributed by atoms with E-state index in [-0.39, 0.29) is 18.9 Å². The molecular formula is C18H21FN2O3S. The standard InChI is InChI=1S/C18H21FN2O3S/c1-14-4-3-5-15(12-14)13-20-18(22)10-11-21(25(2,23)24)17-8-6-16(19)7-9-17/h3-9,12H,10-11,13H2,1-2H3,(H,20,22). The fraction of sp³-hybridized carbons (Fsp3) is 0.278. The zero-order valence-corrected chi connectivity index (χ0v) is 15.0. The first-order chi connectivity index (χ1) is 11.8. The zero-order valence-electron chi connectivity index (χ0n) is 14.2. The van der Waals surface area contributed by atoms with Crippen LogP contribution >= 0.6 is 0 Å². The van der Waals surface area contributed by atoms with Crippen LogP contribution in [-0.2, 0) is 21.4 Å². The van der Waals surface area contributed by atoms with Gasteiger partial charge in [-0.1, -0.05) is 29.8 Å². The van der Waals surface area contributed by atoms with Gasteiger partial charge in [0.15, 0.2) is 0 Å². The summed E-state index contributed by atoms with van der Waals surface area (Å²) in [6.45, 7) is 2.35. The highest BCUT2D eigenvalue weighted by Crippen LogP contribution is 2.18. The zero-order chi connectivity index (χ0) is 18.4. The van der Waals surface area contributed by atoms with Gasteiger partial charge in [-0.05, 0) is 36.8 Å². The van der Waals surface area contributed by atoms with E-state index in [0.29, 0.717) is 12.2 Å². The van der Waals surface area contributed by atoms with Crippen LogP contribution in [0, 0.1) is 12.7 Å². The number of halogens is 1. The average Bonchev–Trinajstić information content (AvgIpc) is 2.54. The molecule has 0 fully saturated rings. The summed E-state index contributed by atoms with van der Waals surface area (Å²) in [4.78, 5) is 12.0. The van der Waals surface area contributed by atoms with Crippen molar-refractivity contribution < 1.29 is 17.6 Å². The van der Waals surface area contributed by atoms with Gasteiger partial charge < -0.3 is 5.32 Å². The van der Waals surface area contributed by atoms with Crippen LogP contribution in [0.4, 0.5) is 10.1 Å². The van der Waals surface area contributed by atoms with Crippen LogP contribution in [0.2, 0.25) is 0 Å². The molecule has 0 radical (unpaired) electrons. The van der Waals surface area contributed by atoms with Gasteiger partial charge in [0.1, 0.15) is 5.82 Å². The van der Waals surface area contributed by atoms with E-state index in [1.807, 2.05) is 31.2 Å². The first-order valence-corrected chi connectivity index (χ1v) is 9.66. The lowest BCUT2D eigenvalue weighted by atomic mass is 10.1. The third-order valence-corrected chi connectivity index (χ3v) is 4.82. The van der Waals surface area contributed by atoms with Crippen LogP contribution in [0.3, 0.4) is 0 Å². The molecule has 2 aromatic rings. The highest BCUT2D eigenvalue weighted by atomic mass is 32.2. The molecule has 25 heavy (non-hydrogen) atoms. The molecule has 0 bridgehead atoms. The first kappa shape index (κ1) is 18.9. The van der Waals surface area contributed by atoms with Crippen LogP contribution < -0.4 is 9.62 Å². The molecule has 5 nitrogen and oxygen atoms in total. The number of nitrogens with one attached hydrogen (secondary N) is 1. The van der Waals surface area contributed by atoms with Crippen LogP contribution in [0.15, 0.2) is 48.5 Å². The number of carbonyl (C=O) groups excluding carboxylic acids is 1. The lowest BCUT2D eigenvalue weighted by Gasteiger charge is -2.22. The molecule has 2 aromatic carbocycles. The number of carbonyl (C=O) groups is 1. The Morgan fingerprint density at radius 1 is 1.16 bits per heavy atom. The van der Waals surface area contributed by atoms with Crippen molar-refractivity contribution in [1.29, 1.82) is 0 Å². The van der Waals surface area contributed by atoms with E-state index in [1.54, 1.807) is 0 Å². The Labute approximate surface area is 147 Å². The summed E-state index contributed by atoms with van der Waals surface area (Å²) in [5.74, 6) is -0.703. The van der Waals surface area contributed by atoms with Gasteiger partial charge in [-0.3, -0.25) is 9.10 Å². The highest BCUT2D eigenvalue weighted by Gasteiger charge is 2.18. The van der Waals surface area contributed by atoms with Gasteiger partial charge in [0, 0.05) is 19.5 Å². The third-order valence-electron chi connectivity index (χ3n) is 3.63. The molecule has 0 aliphatic carbocycles. The molecule has 2 rings (SSSR count). The molecule has 0 atom stereocenters. The van der Waals surface area contributed by atoms with Crippen LogP contribution in [-0.4, -0.2) is 27.1 Å². The van der Waals surface area contributed by atoms with E-state index in [1.165, 1.54) is 24.3 Å². The molecule has 0 saturated heterocycles. The van der Waals surface area contributed by atoms with Crippen molar-refractivity contribution in [1.82, 2.24) is 5.32 Å². The van der Waals surface area contributed by atoms with Crippen molar-refractivity contribution >= 4 is 21.6 Å². The average molecular weight is 364 g/mol. The van der Waals surface area contributed by atoms with Gasteiger partial charge in [-0.15, -0.1) is 0 Å². The summed E-state index contributed by atoms with van der Waals surface area (Å²) >= 11 is 0. The van der Waals surface area contributed by atoms with Gasteiger partial charge >= 0.3 is 0 Å². The topological polar surface area (TPSA) is 66.5 Å². The number of aryl methyl sites for hydroxylation is 1. The van der Waals surface area contributed by atoms with E-state index in [4.69, 9.17) is 0 Å². The Kier molecular flexibility index (Phi) is 6.14. The number of hydrogen-bond donors (Lipinski definition) is 1. The highest BCUT2D eigenvalue weighted by molar-refractivity contribution is 7.92. The first-order valence-electron chi connectivity index (χ1n) is 7.81. The maximum atomic E-state index is 13.0. The summed E-state index contributed by atoms with van der Waals surface area (Å²) in [6.07, 6.45) is 1.07. The van der Waals surface area contributed by atoms with Crippen LogP contribution in [0.5, 0.6) is 0 Å². The quantitative estimate of drug-likeness (QED) is 0.821. The van der Waals surface area contributed by atoms with Crippen molar-refractivity contribution in [2.24, 2.45) is 0 Å². The molecule has 134 valence electrons. The third kappa shape index (κ3) is 5.86. The molecule has 1 amide bonds. The molecular weight excluding hydrogens is 343 g/mol. The van der Waals surface area contributed by atoms with Crippen LogP contribution in [0.1, 0.15) is 17.5 Å². The predicted octanol–water partition coefficient (Wildman–Crippen LogP) is 2.61. The lowest BCUT2D eigenvalue weighted by Crippen LogP contribution is -2.34. The molecule has 0 saturated carbocycles. The summed E-state index contributed by atoms with van der Waals surface area (Å²) in [6, 6.07) is 12.9. The number of rotatable bonds is 7. The van der Waals surface area contributed by atoms with Crippen molar-refractivity contribution in [3.05, 3.63) is 65.5 Å². The Hall–Kier alpha value is -2.41. The minimum absolute atomic E-state index is 0.00981. The Morgan fingerprint density at radius 2 is 1.84 bits per heavy atom. The SMILES string of the molecule is Cc1cccc(CNC(=O)CCN(c2ccc(F)cc2)S(C)(=O)=O)c1. The minimum Gasteiger partial charge on any atom is -0.352 e. The largest absolute Gasteiger partial charge is 0.352 e. The monoisotopic (exact) mass is 364 g/mol. The molecule has 0 heterocycles. The Bertz CT molecular complexity index is 836. The van der Waals surface area contributed by atoms with Gasteiger partial charge in [0.2, 0.25) is 15.9 Å². The molecule has 0 aromatic heterocycles. The smallest absolute Gasteiger partial charge is 0.232 e. The summed E-state index contributed by atoms with van der Waals surface area (Å²) in [7, 11) is -3.57. The van der Waals surface area contributed by atoms with E-state index in [0.717, 1.165) is 21.7 Å². The second-order valence-electron chi connectivity index (χ2n) is 5.83. The van der Waals surface area contributed by atoms with Crippen molar-refractivity contribution in [2.45, 2.75) is 19.9 Å². The molecule has 7 heteroatoms. The minimum atomic E-state index is -3.57. The number of nitrogens with zero attached hydrogens (tertiary/aromatic N) is 1. The van der Waals surface area contributed by atoms with E-state index < -0.39 is 15.8 Å². The van der Waals surface area contributed by atoms with Crippen molar-refractivity contribution in [3.63, 3.8) is 0 Å². The molecule has 0 aliphatic rings. The van der Waals surface area contributed by atoms with Gasteiger partial charge in [-0.2, -0.15) is 0 Å². The molecule has 1 N–H and O–H groups in total. The predicted molar refractivity (Wildman–Crippen MR) is 96.2 cm³/mol. The lowest BCUT2D eigenvalue weighted by molar-refractivity contribution is -0.121. The number of hydrogen-bond acceptors (Lipinski definition) is 3. The molecule has 0 spiro atoms. The fourth-order valence-corrected chi connectivity index (χ4v) is 3.34. The van der Waals surface area contributed by atoms with Gasteiger partial charge in [0.05, 0.1) is 11.9 Å². The maximum absolute atomic E-state index is 13.0. The summed E-state index contributed by atoms with van der Waals surface area (Å²) in [5.41, 5.74) is 2.41. The second kappa shape index (κ2) is 8.11. The number of amides is 1. The van der Waals surface area contributed by atoms with Crippen molar-refractivity contribution in [2.75, 3.05) is 17.1 Å². The van der Waals surface area contributed by atoms with Crippen molar-refractivity contribution in [3.8, 4) is 0 Å². The molecule has 0 aliphatic heterocycles. The Balaban J connectivity index is 1.96. The number of sulfonamides is 1. The normalized spacial score (nSPS) is 11.2. The van der Waals surface area contributed by atoms with Crippen LogP contribution in [0.25, 0.3) is 0 Å². The van der Waals surface area contributed by atoms with E-state index in [2.05, 4.69) is 5.32 Å². The van der Waals surface area contributed by atoms with Gasteiger partial charge in [0.25, 0.3) is 0 Å². The Morgan fingerprint density at radius 3 is 2.44 bits per heavy atom. The van der Waals surface area contributed by atoms with E-state index >= 15 is 0 Å². The second-order valence-corrected chi connectivity index (χ2v) is 7.73. The number of anilines is 1. The maximum Gasteiger partial charge on any atom is 0.232 e. The molecule has 0 unspecified atom stereocenters.